The lowest BCUT2D eigenvalue weighted by molar-refractivity contribution is 0.584. The fourth-order valence-electron chi connectivity index (χ4n) is 2.74. The minimum absolute atomic E-state index is 0. The molecule has 156 valence electrons. The molecule has 2 N–H and O–H groups in total. The van der Waals surface area contributed by atoms with Gasteiger partial charge in [-0.05, 0) is 30.5 Å². The highest BCUT2D eigenvalue weighted by atomic mass is 127. The van der Waals surface area contributed by atoms with Gasteiger partial charge in [-0.2, -0.15) is 0 Å². The number of aliphatic imine (C=N–C) groups is 1. The van der Waals surface area contributed by atoms with Gasteiger partial charge in [0.1, 0.15) is 0 Å². The topological polar surface area (TPSA) is 70.6 Å². The van der Waals surface area contributed by atoms with Gasteiger partial charge in [-0.3, -0.25) is 4.99 Å². The van der Waals surface area contributed by atoms with Crippen molar-refractivity contribution in [3.63, 3.8) is 0 Å². The Morgan fingerprint density at radius 3 is 2.04 bits per heavy atom. The van der Waals surface area contributed by atoms with E-state index in [1.54, 1.807) is 19.2 Å². The molecule has 1 aromatic carbocycles. The summed E-state index contributed by atoms with van der Waals surface area (Å²) >= 11 is 0. The molecule has 0 saturated carbocycles. The molecule has 7 heteroatoms. The molecule has 0 spiro atoms. The average molecular weight is 509 g/mol. The second kappa shape index (κ2) is 15.1. The van der Waals surface area contributed by atoms with E-state index in [0.29, 0.717) is 4.90 Å². The zero-order valence-corrected chi connectivity index (χ0v) is 20.1. The van der Waals surface area contributed by atoms with Crippen molar-refractivity contribution < 1.29 is 8.42 Å². The monoisotopic (exact) mass is 509 g/mol. The molecule has 5 nitrogen and oxygen atoms in total. The zero-order chi connectivity index (χ0) is 19.3. The molecule has 0 aromatic heterocycles. The molecule has 1 aromatic rings. The highest BCUT2D eigenvalue weighted by Crippen LogP contribution is 2.10. The third kappa shape index (κ3) is 12.3. The maximum atomic E-state index is 11.5. The van der Waals surface area contributed by atoms with Crippen LogP contribution in [0.25, 0.3) is 0 Å². The molecule has 0 heterocycles. The normalized spacial score (nSPS) is 11.7. The Bertz CT molecular complexity index is 631. The third-order valence-electron chi connectivity index (χ3n) is 4.35. The Morgan fingerprint density at radius 1 is 0.926 bits per heavy atom. The van der Waals surface area contributed by atoms with E-state index >= 15 is 0 Å². The van der Waals surface area contributed by atoms with E-state index in [4.69, 9.17) is 0 Å². The Morgan fingerprint density at radius 2 is 1.48 bits per heavy atom. The summed E-state index contributed by atoms with van der Waals surface area (Å²) in [5, 5.41) is 6.65. The van der Waals surface area contributed by atoms with Gasteiger partial charge in [0.25, 0.3) is 0 Å². The highest BCUT2D eigenvalue weighted by molar-refractivity contribution is 14.0. The first-order chi connectivity index (χ1) is 12.5. The van der Waals surface area contributed by atoms with E-state index in [1.807, 2.05) is 12.1 Å². The number of sulfone groups is 1. The number of benzene rings is 1. The number of hydrogen-bond acceptors (Lipinski definition) is 3. The second-order valence-corrected chi connectivity index (χ2v) is 8.73. The minimum atomic E-state index is -3.12. The van der Waals surface area contributed by atoms with Crippen molar-refractivity contribution in [2.75, 3.05) is 26.4 Å². The first-order valence-corrected chi connectivity index (χ1v) is 11.6. The molecule has 0 saturated heterocycles. The summed E-state index contributed by atoms with van der Waals surface area (Å²) in [6.45, 7) is 3.94. The Hall–Kier alpha value is -0.830. The number of halogens is 1. The van der Waals surface area contributed by atoms with Gasteiger partial charge in [0.2, 0.25) is 0 Å². The lowest BCUT2D eigenvalue weighted by Gasteiger charge is -2.12. The van der Waals surface area contributed by atoms with Gasteiger partial charge in [-0.1, -0.05) is 57.6 Å². The molecule has 1 rings (SSSR count). The number of rotatable bonds is 12. The maximum absolute atomic E-state index is 11.5. The van der Waals surface area contributed by atoms with Gasteiger partial charge in [-0.15, -0.1) is 24.0 Å². The highest BCUT2D eigenvalue weighted by Gasteiger charge is 2.06. The Kier molecular flexibility index (Phi) is 14.7. The van der Waals surface area contributed by atoms with E-state index in [1.165, 1.54) is 51.2 Å². The van der Waals surface area contributed by atoms with Gasteiger partial charge in [-0.25, -0.2) is 8.42 Å². The van der Waals surface area contributed by atoms with Gasteiger partial charge in [0, 0.05) is 26.4 Å². The van der Waals surface area contributed by atoms with E-state index in [0.717, 1.165) is 31.0 Å². The average Bonchev–Trinajstić information content (AvgIpc) is 2.62. The maximum Gasteiger partial charge on any atom is 0.190 e. The second-order valence-electron chi connectivity index (χ2n) is 6.71. The first kappa shape index (κ1) is 26.2. The molecule has 0 fully saturated rings. The van der Waals surface area contributed by atoms with Crippen LogP contribution >= 0.6 is 24.0 Å². The van der Waals surface area contributed by atoms with Gasteiger partial charge in [0.05, 0.1) is 4.90 Å². The fourth-order valence-corrected chi connectivity index (χ4v) is 3.37. The number of hydrogen-bond donors (Lipinski definition) is 2. The zero-order valence-electron chi connectivity index (χ0n) is 17.0. The molecular weight excluding hydrogens is 473 g/mol. The van der Waals surface area contributed by atoms with Crippen molar-refractivity contribution in [3.8, 4) is 0 Å². The van der Waals surface area contributed by atoms with Crippen LogP contribution in [0.3, 0.4) is 0 Å². The lowest BCUT2D eigenvalue weighted by atomic mass is 10.1. The molecule has 0 aliphatic heterocycles. The lowest BCUT2D eigenvalue weighted by Crippen LogP contribution is -2.38. The summed E-state index contributed by atoms with van der Waals surface area (Å²) in [4.78, 5) is 4.60. The molecule has 27 heavy (non-hydrogen) atoms. The smallest absolute Gasteiger partial charge is 0.190 e. The van der Waals surface area contributed by atoms with Crippen molar-refractivity contribution in [2.24, 2.45) is 4.99 Å². The van der Waals surface area contributed by atoms with E-state index < -0.39 is 9.84 Å². The van der Waals surface area contributed by atoms with E-state index in [2.05, 4.69) is 22.5 Å². The molecule has 0 aliphatic rings. The summed E-state index contributed by atoms with van der Waals surface area (Å²) in [7, 11) is -1.35. The summed E-state index contributed by atoms with van der Waals surface area (Å²) in [5.41, 5.74) is 1.10. The van der Waals surface area contributed by atoms with Crippen molar-refractivity contribution >= 4 is 39.8 Å². The molecule has 0 radical (unpaired) electrons. The first-order valence-electron chi connectivity index (χ1n) is 9.71. The van der Waals surface area contributed by atoms with Gasteiger partial charge >= 0.3 is 0 Å². The fraction of sp³-hybridized carbons (Fsp3) is 0.650. The SMILES string of the molecule is CCCCCCCCCNC(=NC)NCCc1ccc(S(C)(=O)=O)cc1.I. The quantitative estimate of drug-likeness (QED) is 0.192. The predicted molar refractivity (Wildman–Crippen MR) is 126 cm³/mol. The summed E-state index contributed by atoms with van der Waals surface area (Å²) in [5.74, 6) is 0.823. The van der Waals surface area contributed by atoms with Crippen molar-refractivity contribution in [3.05, 3.63) is 29.8 Å². The van der Waals surface area contributed by atoms with Crippen molar-refractivity contribution in [1.82, 2.24) is 10.6 Å². The molecule has 0 bridgehead atoms. The minimum Gasteiger partial charge on any atom is -0.356 e. The van der Waals surface area contributed by atoms with Crippen LogP contribution in [-0.4, -0.2) is 40.8 Å². The summed E-state index contributed by atoms with van der Waals surface area (Å²) < 4.78 is 22.9. The predicted octanol–water partition coefficient (Wildman–Crippen LogP) is 4.17. The summed E-state index contributed by atoms with van der Waals surface area (Å²) in [6.07, 6.45) is 11.2. The number of guanidine groups is 1. The van der Waals surface area contributed by atoms with Crippen LogP contribution in [0.5, 0.6) is 0 Å². The van der Waals surface area contributed by atoms with Crippen LogP contribution in [0.4, 0.5) is 0 Å². The molecule has 0 amide bonds. The molecule has 0 unspecified atom stereocenters. The van der Waals surface area contributed by atoms with Crippen LogP contribution < -0.4 is 10.6 Å². The number of nitrogens with zero attached hydrogens (tertiary/aromatic N) is 1. The van der Waals surface area contributed by atoms with E-state index in [9.17, 15) is 8.42 Å². The van der Waals surface area contributed by atoms with Crippen LogP contribution in [-0.2, 0) is 16.3 Å². The largest absolute Gasteiger partial charge is 0.356 e. The van der Waals surface area contributed by atoms with Crippen LogP contribution in [0.15, 0.2) is 34.2 Å². The third-order valence-corrected chi connectivity index (χ3v) is 5.48. The molecule has 0 aliphatic carbocycles. The van der Waals surface area contributed by atoms with Crippen LogP contribution in [0.1, 0.15) is 57.4 Å². The molecule has 0 atom stereocenters. The van der Waals surface area contributed by atoms with Crippen molar-refractivity contribution in [1.29, 1.82) is 0 Å². The van der Waals surface area contributed by atoms with Crippen molar-refractivity contribution in [2.45, 2.75) is 63.2 Å². The van der Waals surface area contributed by atoms with E-state index in [-0.39, 0.29) is 24.0 Å². The Labute approximate surface area is 182 Å². The Balaban J connectivity index is 0.00000676. The number of unbranched alkanes of at least 4 members (excludes halogenated alkanes) is 6. The standard InChI is InChI=1S/C20H35N3O2S.HI/c1-4-5-6-7-8-9-10-16-22-20(21-2)23-17-15-18-11-13-19(14-12-18)26(3,24)25;/h11-14H,4-10,15-17H2,1-3H3,(H2,21,22,23);1H. The van der Waals surface area contributed by atoms with Gasteiger partial charge < -0.3 is 10.6 Å². The number of nitrogens with one attached hydrogen (secondary N) is 2. The molecular formula is C20H36IN3O2S. The van der Waals surface area contributed by atoms with Crippen LogP contribution in [0, 0.1) is 0 Å². The summed E-state index contributed by atoms with van der Waals surface area (Å²) in [6, 6.07) is 7.07. The van der Waals surface area contributed by atoms with Gasteiger partial charge in [0.15, 0.2) is 15.8 Å². The van der Waals surface area contributed by atoms with Crippen LogP contribution in [0.2, 0.25) is 0 Å².